The highest BCUT2D eigenvalue weighted by molar-refractivity contribution is 5.85. The molecular formula is C9H20N2O2. The number of carbonyl (C=O) groups is 1. The number of carbonyl (C=O) groups excluding carboxylic acids is 1. The summed E-state index contributed by atoms with van der Waals surface area (Å²) >= 11 is 0. The molecule has 1 amide bonds. The molecule has 0 aromatic rings. The van der Waals surface area contributed by atoms with Gasteiger partial charge < -0.3 is 15.7 Å². The summed E-state index contributed by atoms with van der Waals surface area (Å²) in [5, 5.41) is 14.5. The van der Waals surface area contributed by atoms with Gasteiger partial charge in [-0.25, -0.2) is 0 Å². The lowest BCUT2D eigenvalue weighted by Gasteiger charge is -2.26. The second-order valence-electron chi connectivity index (χ2n) is 3.71. The maximum absolute atomic E-state index is 11.5. The molecule has 0 fully saturated rings. The Morgan fingerprint density at radius 2 is 2.08 bits per heavy atom. The molecule has 13 heavy (non-hydrogen) atoms. The van der Waals surface area contributed by atoms with E-state index in [4.69, 9.17) is 5.11 Å². The smallest absolute Gasteiger partial charge is 0.240 e. The van der Waals surface area contributed by atoms with Gasteiger partial charge in [0.1, 0.15) is 0 Å². The number of aliphatic hydroxyl groups is 1. The van der Waals surface area contributed by atoms with Gasteiger partial charge in [-0.15, -0.1) is 0 Å². The molecule has 0 aromatic carbocycles. The van der Waals surface area contributed by atoms with Gasteiger partial charge in [0.05, 0.1) is 12.1 Å². The minimum atomic E-state index is -0.571. The first-order chi connectivity index (χ1) is 5.94. The van der Waals surface area contributed by atoms with Crippen LogP contribution in [0.15, 0.2) is 0 Å². The topological polar surface area (TPSA) is 61.4 Å². The van der Waals surface area contributed by atoms with E-state index in [1.54, 1.807) is 6.92 Å². The number of rotatable bonds is 5. The van der Waals surface area contributed by atoms with E-state index in [1.807, 2.05) is 20.8 Å². The van der Waals surface area contributed by atoms with Crippen molar-refractivity contribution >= 4 is 5.91 Å². The molecule has 0 unspecified atom stereocenters. The molecule has 0 aromatic heterocycles. The number of aliphatic hydroxyl groups excluding tert-OH is 1. The minimum absolute atomic E-state index is 0.0338. The molecule has 0 saturated carbocycles. The van der Waals surface area contributed by atoms with Crippen molar-refractivity contribution in [2.75, 3.05) is 13.2 Å². The molecule has 0 aliphatic heterocycles. The standard InChI is InChI=1S/C9H20N2O2/c1-5-10-9(3,4)8(13)11-7(2)6-12/h7,10,12H,5-6H2,1-4H3,(H,11,13)/t7-/m1/s1. The first-order valence-corrected chi connectivity index (χ1v) is 4.61. The van der Waals surface area contributed by atoms with Gasteiger partial charge in [0, 0.05) is 6.04 Å². The van der Waals surface area contributed by atoms with E-state index in [0.717, 1.165) is 6.54 Å². The zero-order chi connectivity index (χ0) is 10.5. The van der Waals surface area contributed by atoms with Crippen molar-refractivity contribution in [1.29, 1.82) is 0 Å². The SMILES string of the molecule is CCNC(C)(C)C(=O)N[C@H](C)CO. The van der Waals surface area contributed by atoms with Crippen molar-refractivity contribution in [3.63, 3.8) is 0 Å². The summed E-state index contributed by atoms with van der Waals surface area (Å²) < 4.78 is 0. The number of likely N-dealkylation sites (N-methyl/N-ethyl adjacent to an activating group) is 1. The van der Waals surface area contributed by atoms with Gasteiger partial charge >= 0.3 is 0 Å². The van der Waals surface area contributed by atoms with Crippen LogP contribution in [0.25, 0.3) is 0 Å². The number of amides is 1. The number of nitrogens with one attached hydrogen (secondary N) is 2. The van der Waals surface area contributed by atoms with Gasteiger partial charge in [-0.1, -0.05) is 6.92 Å². The average Bonchev–Trinajstić information content (AvgIpc) is 2.04. The van der Waals surface area contributed by atoms with E-state index in [2.05, 4.69) is 10.6 Å². The summed E-state index contributed by atoms with van der Waals surface area (Å²) in [6, 6.07) is -0.189. The molecule has 0 aliphatic carbocycles. The van der Waals surface area contributed by atoms with Gasteiger partial charge in [-0.2, -0.15) is 0 Å². The Balaban J connectivity index is 4.08. The van der Waals surface area contributed by atoms with Crippen molar-refractivity contribution in [2.45, 2.75) is 39.3 Å². The maximum atomic E-state index is 11.5. The van der Waals surface area contributed by atoms with Gasteiger partial charge in [-0.3, -0.25) is 4.79 Å². The molecule has 0 heterocycles. The summed E-state index contributed by atoms with van der Waals surface area (Å²) in [4.78, 5) is 11.5. The van der Waals surface area contributed by atoms with Crippen LogP contribution in [0.4, 0.5) is 0 Å². The largest absolute Gasteiger partial charge is 0.394 e. The zero-order valence-electron chi connectivity index (χ0n) is 8.85. The fourth-order valence-electron chi connectivity index (χ4n) is 0.972. The van der Waals surface area contributed by atoms with Crippen molar-refractivity contribution in [2.24, 2.45) is 0 Å². The first-order valence-electron chi connectivity index (χ1n) is 4.61. The highest BCUT2D eigenvalue weighted by Crippen LogP contribution is 2.01. The number of hydrogen-bond donors (Lipinski definition) is 3. The molecule has 0 aliphatic rings. The lowest BCUT2D eigenvalue weighted by Crippen LogP contribution is -2.54. The van der Waals surface area contributed by atoms with Crippen LogP contribution in [0.5, 0.6) is 0 Å². The van der Waals surface area contributed by atoms with Crippen LogP contribution in [0.1, 0.15) is 27.7 Å². The molecule has 0 spiro atoms. The molecule has 4 nitrogen and oxygen atoms in total. The Kier molecular flexibility index (Phi) is 4.95. The maximum Gasteiger partial charge on any atom is 0.240 e. The Hall–Kier alpha value is -0.610. The van der Waals surface area contributed by atoms with Crippen molar-refractivity contribution < 1.29 is 9.90 Å². The van der Waals surface area contributed by atoms with E-state index in [1.165, 1.54) is 0 Å². The molecule has 0 radical (unpaired) electrons. The van der Waals surface area contributed by atoms with Crippen LogP contribution in [0.3, 0.4) is 0 Å². The minimum Gasteiger partial charge on any atom is -0.394 e. The summed E-state index contributed by atoms with van der Waals surface area (Å²) in [6.07, 6.45) is 0. The van der Waals surface area contributed by atoms with Gasteiger partial charge in [0.25, 0.3) is 0 Å². The third kappa shape index (κ3) is 4.24. The van der Waals surface area contributed by atoms with Crippen LogP contribution in [0, 0.1) is 0 Å². The Morgan fingerprint density at radius 3 is 2.46 bits per heavy atom. The summed E-state index contributed by atoms with van der Waals surface area (Å²) in [7, 11) is 0. The first kappa shape index (κ1) is 12.4. The quantitative estimate of drug-likeness (QED) is 0.563. The van der Waals surface area contributed by atoms with E-state index < -0.39 is 5.54 Å². The number of hydrogen-bond acceptors (Lipinski definition) is 3. The lowest BCUT2D eigenvalue weighted by atomic mass is 10.0. The van der Waals surface area contributed by atoms with Crippen LogP contribution in [-0.4, -0.2) is 35.7 Å². The van der Waals surface area contributed by atoms with Gasteiger partial charge in [0.15, 0.2) is 0 Å². The molecular weight excluding hydrogens is 168 g/mol. The van der Waals surface area contributed by atoms with Crippen LogP contribution >= 0.6 is 0 Å². The summed E-state index contributed by atoms with van der Waals surface area (Å²) in [5.74, 6) is -0.0871. The van der Waals surface area contributed by atoms with E-state index in [-0.39, 0.29) is 18.6 Å². The van der Waals surface area contributed by atoms with Crippen LogP contribution in [0.2, 0.25) is 0 Å². The third-order valence-electron chi connectivity index (χ3n) is 1.84. The zero-order valence-corrected chi connectivity index (χ0v) is 8.85. The molecule has 3 N–H and O–H groups in total. The Labute approximate surface area is 79.7 Å². The molecule has 0 rings (SSSR count). The lowest BCUT2D eigenvalue weighted by molar-refractivity contribution is -0.127. The monoisotopic (exact) mass is 188 g/mol. The van der Waals surface area contributed by atoms with E-state index >= 15 is 0 Å². The van der Waals surface area contributed by atoms with Gasteiger partial charge in [-0.05, 0) is 27.3 Å². The third-order valence-corrected chi connectivity index (χ3v) is 1.84. The molecule has 78 valence electrons. The van der Waals surface area contributed by atoms with Crippen LogP contribution in [-0.2, 0) is 4.79 Å². The normalized spacial score (nSPS) is 13.9. The summed E-state index contributed by atoms with van der Waals surface area (Å²) in [5.41, 5.74) is -0.571. The fraction of sp³-hybridized carbons (Fsp3) is 0.889. The second-order valence-corrected chi connectivity index (χ2v) is 3.71. The highest BCUT2D eigenvalue weighted by atomic mass is 16.3. The van der Waals surface area contributed by atoms with E-state index in [9.17, 15) is 4.79 Å². The predicted molar refractivity (Wildman–Crippen MR) is 52.4 cm³/mol. The van der Waals surface area contributed by atoms with Crippen molar-refractivity contribution in [3.05, 3.63) is 0 Å². The second kappa shape index (κ2) is 5.19. The highest BCUT2D eigenvalue weighted by Gasteiger charge is 2.26. The Bertz CT molecular complexity index is 169. The molecule has 0 bridgehead atoms. The van der Waals surface area contributed by atoms with Crippen molar-refractivity contribution in [1.82, 2.24) is 10.6 Å². The fourth-order valence-corrected chi connectivity index (χ4v) is 0.972. The van der Waals surface area contributed by atoms with Crippen LogP contribution < -0.4 is 10.6 Å². The van der Waals surface area contributed by atoms with Crippen molar-refractivity contribution in [3.8, 4) is 0 Å². The average molecular weight is 188 g/mol. The Morgan fingerprint density at radius 1 is 1.54 bits per heavy atom. The van der Waals surface area contributed by atoms with Gasteiger partial charge in [0.2, 0.25) is 5.91 Å². The van der Waals surface area contributed by atoms with E-state index in [0.29, 0.717) is 0 Å². The predicted octanol–water partition coefficient (Wildman–Crippen LogP) is -0.128. The molecule has 1 atom stereocenters. The summed E-state index contributed by atoms with van der Waals surface area (Å²) in [6.45, 7) is 8.05. The molecule has 4 heteroatoms. The molecule has 0 saturated heterocycles.